The zero-order valence-electron chi connectivity index (χ0n) is 17.4. The van der Waals surface area contributed by atoms with Crippen molar-refractivity contribution >= 4 is 11.8 Å². The minimum atomic E-state index is -0.373. The van der Waals surface area contributed by atoms with Crippen molar-refractivity contribution in [2.75, 3.05) is 50.1 Å². The molecule has 2 saturated heterocycles. The second-order valence-corrected chi connectivity index (χ2v) is 8.23. The Morgan fingerprint density at radius 2 is 1.93 bits per heavy atom. The molecule has 0 aliphatic carbocycles. The van der Waals surface area contributed by atoms with Crippen LogP contribution in [0.2, 0.25) is 0 Å². The molecule has 3 rings (SSSR count). The highest BCUT2D eigenvalue weighted by Gasteiger charge is 2.37. The number of β-amino-alcohol motifs (C(OH)–C–C–N with tert-alkyl or cyclic N) is 1. The number of nitrogens with zero attached hydrogens (tertiary/aromatic N) is 5. The van der Waals surface area contributed by atoms with Gasteiger partial charge in [0.25, 0.3) is 0 Å². The topological polar surface area (TPSA) is 65.0 Å². The van der Waals surface area contributed by atoms with Gasteiger partial charge in [0, 0.05) is 58.1 Å². The molecule has 27 heavy (non-hydrogen) atoms. The van der Waals surface area contributed by atoms with Gasteiger partial charge in [-0.1, -0.05) is 6.92 Å². The van der Waals surface area contributed by atoms with E-state index in [9.17, 15) is 5.11 Å². The summed E-state index contributed by atoms with van der Waals surface area (Å²) in [6.07, 6.45) is 2.81. The van der Waals surface area contributed by atoms with Crippen LogP contribution in [0.5, 0.6) is 0 Å². The molecule has 0 saturated carbocycles. The summed E-state index contributed by atoms with van der Waals surface area (Å²) >= 11 is 0. The van der Waals surface area contributed by atoms with Crippen LogP contribution in [0.4, 0.5) is 11.8 Å². The number of hydrogen-bond acceptors (Lipinski definition) is 7. The first kappa shape index (κ1) is 20.3. The molecule has 0 bridgehead atoms. The predicted molar refractivity (Wildman–Crippen MR) is 109 cm³/mol. The van der Waals surface area contributed by atoms with Gasteiger partial charge in [-0.3, -0.25) is 4.90 Å². The van der Waals surface area contributed by atoms with E-state index in [-0.39, 0.29) is 18.3 Å². The van der Waals surface area contributed by atoms with E-state index in [2.05, 4.69) is 27.8 Å². The largest absolute Gasteiger partial charge is 0.389 e. The number of likely N-dealkylation sites (tertiary alicyclic amines) is 1. The number of aryl methyl sites for hydroxylation is 1. The minimum Gasteiger partial charge on any atom is -0.389 e. The van der Waals surface area contributed by atoms with Crippen LogP contribution in [0.25, 0.3) is 0 Å². The molecule has 2 fully saturated rings. The lowest BCUT2D eigenvalue weighted by atomic mass is 10.0. The zero-order valence-corrected chi connectivity index (χ0v) is 17.4. The van der Waals surface area contributed by atoms with E-state index < -0.39 is 0 Å². The smallest absolute Gasteiger partial charge is 0.227 e. The highest BCUT2D eigenvalue weighted by atomic mass is 16.5. The molecule has 0 spiro atoms. The molecule has 0 radical (unpaired) electrons. The van der Waals surface area contributed by atoms with Gasteiger partial charge >= 0.3 is 0 Å². The van der Waals surface area contributed by atoms with E-state index in [1.165, 1.54) is 0 Å². The number of piperidine rings is 1. The molecule has 0 aromatic carbocycles. The monoisotopic (exact) mass is 377 g/mol. The third kappa shape index (κ3) is 4.89. The van der Waals surface area contributed by atoms with Crippen molar-refractivity contribution in [1.82, 2.24) is 14.9 Å². The Bertz CT molecular complexity index is 616. The predicted octanol–water partition coefficient (Wildman–Crippen LogP) is 1.54. The van der Waals surface area contributed by atoms with Crippen molar-refractivity contribution in [3.05, 3.63) is 11.8 Å². The van der Waals surface area contributed by atoms with Crippen molar-refractivity contribution in [2.45, 2.75) is 64.4 Å². The number of anilines is 2. The van der Waals surface area contributed by atoms with Gasteiger partial charge in [0.05, 0.1) is 18.3 Å². The number of ether oxygens (including phenoxy) is 1. The molecule has 0 unspecified atom stereocenters. The first-order valence-corrected chi connectivity index (χ1v) is 10.2. The van der Waals surface area contributed by atoms with Gasteiger partial charge in [0.2, 0.25) is 5.95 Å². The molecule has 1 aromatic rings. The van der Waals surface area contributed by atoms with E-state index in [0.717, 1.165) is 62.9 Å². The van der Waals surface area contributed by atoms with E-state index in [4.69, 9.17) is 9.72 Å². The average Bonchev–Trinajstić information content (AvgIpc) is 3.01. The summed E-state index contributed by atoms with van der Waals surface area (Å²) < 4.78 is 5.87. The summed E-state index contributed by atoms with van der Waals surface area (Å²) in [5.41, 5.74) is 1.09. The Kier molecular flexibility index (Phi) is 6.55. The number of aliphatic hydroxyl groups is 1. The van der Waals surface area contributed by atoms with Crippen LogP contribution in [-0.2, 0) is 11.2 Å². The minimum absolute atomic E-state index is 0.0559. The quantitative estimate of drug-likeness (QED) is 0.807. The zero-order chi connectivity index (χ0) is 19.6. The number of aliphatic hydroxyl groups excluding tert-OH is 1. The van der Waals surface area contributed by atoms with Gasteiger partial charge in [0.1, 0.15) is 5.82 Å². The third-order valence-corrected chi connectivity index (χ3v) is 5.53. The molecule has 2 aliphatic rings. The molecule has 3 heterocycles. The van der Waals surface area contributed by atoms with Crippen LogP contribution >= 0.6 is 0 Å². The van der Waals surface area contributed by atoms with Crippen LogP contribution in [0.1, 0.15) is 39.3 Å². The molecular formula is C20H35N5O2. The van der Waals surface area contributed by atoms with Gasteiger partial charge in [-0.25, -0.2) is 4.98 Å². The fraction of sp³-hybridized carbons (Fsp3) is 0.800. The van der Waals surface area contributed by atoms with Crippen LogP contribution in [-0.4, -0.2) is 84.6 Å². The maximum absolute atomic E-state index is 10.3. The number of aromatic nitrogens is 2. The molecular weight excluding hydrogens is 342 g/mol. The highest BCUT2D eigenvalue weighted by Crippen LogP contribution is 2.26. The highest BCUT2D eigenvalue weighted by molar-refractivity contribution is 5.46. The van der Waals surface area contributed by atoms with Crippen molar-refractivity contribution in [1.29, 1.82) is 0 Å². The van der Waals surface area contributed by atoms with Gasteiger partial charge in [-0.15, -0.1) is 0 Å². The summed E-state index contributed by atoms with van der Waals surface area (Å²) in [6, 6.07) is 2.64. The summed E-state index contributed by atoms with van der Waals surface area (Å²) in [4.78, 5) is 16.1. The number of rotatable bonds is 6. The van der Waals surface area contributed by atoms with Gasteiger partial charge in [0.15, 0.2) is 0 Å². The molecule has 1 aromatic heterocycles. The fourth-order valence-electron chi connectivity index (χ4n) is 4.04. The Hall–Kier alpha value is -1.44. The number of hydrogen-bond donors (Lipinski definition) is 1. The molecule has 152 valence electrons. The summed E-state index contributed by atoms with van der Waals surface area (Å²) in [5, 5.41) is 10.3. The molecule has 2 atom stereocenters. The Morgan fingerprint density at radius 3 is 2.52 bits per heavy atom. The SMILES string of the molecule is CCc1cc(N2CCC(N3C[C@H](OC(C)C)[C@@H](O)C3)CC2)nc(N(C)C)n1. The van der Waals surface area contributed by atoms with E-state index >= 15 is 0 Å². The first-order valence-electron chi connectivity index (χ1n) is 10.2. The van der Waals surface area contributed by atoms with Gasteiger partial charge in [-0.2, -0.15) is 4.98 Å². The average molecular weight is 378 g/mol. The maximum Gasteiger partial charge on any atom is 0.227 e. The van der Waals surface area contributed by atoms with Crippen molar-refractivity contribution in [2.24, 2.45) is 0 Å². The fourth-order valence-corrected chi connectivity index (χ4v) is 4.04. The molecule has 7 heteroatoms. The van der Waals surface area contributed by atoms with E-state index in [1.54, 1.807) is 0 Å². The summed E-state index contributed by atoms with van der Waals surface area (Å²) in [6.45, 7) is 9.72. The first-order chi connectivity index (χ1) is 12.9. The van der Waals surface area contributed by atoms with Crippen LogP contribution < -0.4 is 9.80 Å². The molecule has 2 aliphatic heterocycles. The Labute approximate surface area is 163 Å². The maximum atomic E-state index is 10.3. The normalized spacial score (nSPS) is 24.8. The lowest BCUT2D eigenvalue weighted by Gasteiger charge is -2.37. The van der Waals surface area contributed by atoms with Crippen molar-refractivity contribution < 1.29 is 9.84 Å². The third-order valence-electron chi connectivity index (χ3n) is 5.53. The van der Waals surface area contributed by atoms with E-state index in [0.29, 0.717) is 6.04 Å². The molecule has 7 nitrogen and oxygen atoms in total. The van der Waals surface area contributed by atoms with Gasteiger partial charge in [-0.05, 0) is 33.1 Å². The lowest BCUT2D eigenvalue weighted by molar-refractivity contribution is -0.0399. The standard InChI is InChI=1S/C20H35N5O2/c1-6-15-11-19(22-20(21-15)23(4)5)24-9-7-16(8-10-24)25-12-17(26)18(13-25)27-14(2)3/h11,14,16-18,26H,6-10,12-13H2,1-5H3/t17-,18-/m0/s1. The summed E-state index contributed by atoms with van der Waals surface area (Å²) in [5.74, 6) is 1.81. The molecule has 1 N–H and O–H groups in total. The van der Waals surface area contributed by atoms with E-state index in [1.807, 2.05) is 32.8 Å². The second kappa shape index (κ2) is 8.71. The van der Waals surface area contributed by atoms with Gasteiger partial charge < -0.3 is 19.6 Å². The van der Waals surface area contributed by atoms with Crippen LogP contribution in [0.3, 0.4) is 0 Å². The lowest BCUT2D eigenvalue weighted by Crippen LogP contribution is -2.45. The summed E-state index contributed by atoms with van der Waals surface area (Å²) in [7, 11) is 3.97. The van der Waals surface area contributed by atoms with Crippen molar-refractivity contribution in [3.8, 4) is 0 Å². The van der Waals surface area contributed by atoms with Crippen LogP contribution in [0, 0.1) is 0 Å². The Morgan fingerprint density at radius 1 is 1.22 bits per heavy atom. The van der Waals surface area contributed by atoms with Crippen LogP contribution in [0.15, 0.2) is 6.07 Å². The molecule has 0 amide bonds. The Balaban J connectivity index is 1.60. The second-order valence-electron chi connectivity index (χ2n) is 8.23. The van der Waals surface area contributed by atoms with Crippen molar-refractivity contribution in [3.63, 3.8) is 0 Å².